The Hall–Kier alpha value is -0.660. The molecule has 0 spiro atoms. The van der Waals surface area contributed by atoms with Gasteiger partial charge in [-0.25, -0.2) is 8.42 Å². The average Bonchev–Trinajstić information content (AvgIpc) is 2.46. The van der Waals surface area contributed by atoms with Crippen molar-refractivity contribution in [3.63, 3.8) is 0 Å². The second kappa shape index (κ2) is 6.22. The van der Waals surface area contributed by atoms with E-state index in [1.807, 2.05) is 6.92 Å². The first kappa shape index (κ1) is 16.7. The van der Waals surface area contributed by atoms with Crippen molar-refractivity contribution in [3.8, 4) is 0 Å². The van der Waals surface area contributed by atoms with Gasteiger partial charge in [-0.3, -0.25) is 4.79 Å². The van der Waals surface area contributed by atoms with Crippen molar-refractivity contribution < 1.29 is 17.9 Å². The van der Waals surface area contributed by atoms with Crippen LogP contribution in [0.1, 0.15) is 26.7 Å². The molecule has 0 bridgehead atoms. The van der Waals surface area contributed by atoms with E-state index in [2.05, 4.69) is 5.32 Å². The average molecular weight is 318 g/mol. The van der Waals surface area contributed by atoms with E-state index in [0.29, 0.717) is 13.2 Å². The number of sulfone groups is 1. The zero-order valence-corrected chi connectivity index (χ0v) is 13.9. The van der Waals surface area contributed by atoms with Gasteiger partial charge in [0.05, 0.1) is 23.0 Å². The monoisotopic (exact) mass is 318 g/mol. The van der Waals surface area contributed by atoms with Crippen LogP contribution in [0.2, 0.25) is 0 Å². The SMILES string of the molecule is COCC1(C(=O)N2CCS(=O)(=O)C(C)C2C)CCNCC1. The van der Waals surface area contributed by atoms with Gasteiger partial charge in [0, 0.05) is 19.7 Å². The molecular formula is C14H26N2O4S. The third kappa shape index (κ3) is 3.10. The molecule has 21 heavy (non-hydrogen) atoms. The van der Waals surface area contributed by atoms with E-state index in [4.69, 9.17) is 4.74 Å². The summed E-state index contributed by atoms with van der Waals surface area (Å²) < 4.78 is 29.2. The number of nitrogens with zero attached hydrogens (tertiary/aromatic N) is 1. The minimum atomic E-state index is -3.08. The van der Waals surface area contributed by atoms with Crippen molar-refractivity contribution in [1.82, 2.24) is 10.2 Å². The maximum absolute atomic E-state index is 13.1. The van der Waals surface area contributed by atoms with Crippen LogP contribution in [-0.4, -0.2) is 69.6 Å². The topological polar surface area (TPSA) is 75.7 Å². The summed E-state index contributed by atoms with van der Waals surface area (Å²) >= 11 is 0. The Kier molecular flexibility index (Phi) is 4.95. The molecule has 2 unspecified atom stereocenters. The third-order valence-electron chi connectivity index (χ3n) is 5.05. The van der Waals surface area contributed by atoms with E-state index in [-0.39, 0.29) is 17.7 Å². The van der Waals surface area contributed by atoms with Crippen LogP contribution in [0.4, 0.5) is 0 Å². The van der Waals surface area contributed by atoms with E-state index < -0.39 is 20.5 Å². The lowest BCUT2D eigenvalue weighted by atomic mass is 9.78. The van der Waals surface area contributed by atoms with Gasteiger partial charge in [0.25, 0.3) is 0 Å². The van der Waals surface area contributed by atoms with Crippen LogP contribution >= 0.6 is 0 Å². The lowest BCUT2D eigenvalue weighted by Crippen LogP contribution is -2.60. The van der Waals surface area contributed by atoms with Crippen LogP contribution in [0.5, 0.6) is 0 Å². The zero-order valence-electron chi connectivity index (χ0n) is 13.1. The van der Waals surface area contributed by atoms with Crippen molar-refractivity contribution in [2.24, 2.45) is 5.41 Å². The number of rotatable bonds is 3. The maximum atomic E-state index is 13.1. The highest BCUT2D eigenvalue weighted by Crippen LogP contribution is 2.34. The van der Waals surface area contributed by atoms with Gasteiger partial charge in [-0.05, 0) is 39.8 Å². The standard InChI is InChI=1S/C14H26N2O4S/c1-11-12(2)21(18,19)9-8-16(11)13(17)14(10-20-3)4-6-15-7-5-14/h11-12,15H,4-10H2,1-3H3. The highest BCUT2D eigenvalue weighted by atomic mass is 32.2. The fourth-order valence-corrected chi connectivity index (χ4v) is 4.93. The summed E-state index contributed by atoms with van der Waals surface area (Å²) in [6.07, 6.45) is 1.48. The van der Waals surface area contributed by atoms with Crippen molar-refractivity contribution in [2.45, 2.75) is 38.0 Å². The molecule has 2 aliphatic heterocycles. The largest absolute Gasteiger partial charge is 0.384 e. The minimum Gasteiger partial charge on any atom is -0.384 e. The molecule has 2 heterocycles. The predicted molar refractivity (Wildman–Crippen MR) is 80.8 cm³/mol. The molecule has 0 aliphatic carbocycles. The quantitative estimate of drug-likeness (QED) is 0.795. The highest BCUT2D eigenvalue weighted by molar-refractivity contribution is 7.92. The van der Waals surface area contributed by atoms with Gasteiger partial charge in [-0.2, -0.15) is 0 Å². The molecule has 2 saturated heterocycles. The number of hydrogen-bond donors (Lipinski definition) is 1. The maximum Gasteiger partial charge on any atom is 0.231 e. The van der Waals surface area contributed by atoms with Gasteiger partial charge in [0.1, 0.15) is 0 Å². The molecule has 122 valence electrons. The van der Waals surface area contributed by atoms with Gasteiger partial charge < -0.3 is 15.0 Å². The van der Waals surface area contributed by atoms with E-state index >= 15 is 0 Å². The summed E-state index contributed by atoms with van der Waals surface area (Å²) in [5.41, 5.74) is -0.505. The summed E-state index contributed by atoms with van der Waals surface area (Å²) in [7, 11) is -1.46. The molecule has 0 radical (unpaired) electrons. The summed E-state index contributed by atoms with van der Waals surface area (Å²) in [6.45, 7) is 5.82. The molecule has 6 nitrogen and oxygen atoms in total. The fraction of sp³-hybridized carbons (Fsp3) is 0.929. The van der Waals surface area contributed by atoms with Gasteiger partial charge in [-0.15, -0.1) is 0 Å². The molecule has 7 heteroatoms. The van der Waals surface area contributed by atoms with Gasteiger partial charge in [-0.1, -0.05) is 0 Å². The molecule has 2 fully saturated rings. The summed E-state index contributed by atoms with van der Waals surface area (Å²) in [6, 6.07) is -0.278. The summed E-state index contributed by atoms with van der Waals surface area (Å²) in [5, 5.41) is 2.76. The number of hydrogen-bond acceptors (Lipinski definition) is 5. The number of carbonyl (C=O) groups excluding carboxylic acids is 1. The number of ether oxygens (including phenoxy) is 1. The Morgan fingerprint density at radius 1 is 1.33 bits per heavy atom. The number of carbonyl (C=O) groups is 1. The molecule has 2 atom stereocenters. The number of nitrogens with one attached hydrogen (secondary N) is 1. The fourth-order valence-electron chi connectivity index (χ4n) is 3.36. The second-order valence-electron chi connectivity index (χ2n) is 6.27. The summed E-state index contributed by atoms with van der Waals surface area (Å²) in [5.74, 6) is 0.117. The van der Waals surface area contributed by atoms with Crippen LogP contribution in [0.15, 0.2) is 0 Å². The number of methoxy groups -OCH3 is 1. The first-order valence-corrected chi connectivity index (χ1v) is 9.28. The molecule has 2 rings (SSSR count). The van der Waals surface area contributed by atoms with Crippen LogP contribution in [0.25, 0.3) is 0 Å². The molecule has 2 aliphatic rings. The lowest BCUT2D eigenvalue weighted by Gasteiger charge is -2.44. The van der Waals surface area contributed by atoms with E-state index in [1.54, 1.807) is 18.9 Å². The zero-order chi connectivity index (χ0) is 15.7. The van der Waals surface area contributed by atoms with E-state index in [1.165, 1.54) is 0 Å². The van der Waals surface area contributed by atoms with Gasteiger partial charge >= 0.3 is 0 Å². The van der Waals surface area contributed by atoms with Crippen molar-refractivity contribution in [2.75, 3.05) is 39.1 Å². The molecule has 0 aromatic carbocycles. The molecule has 0 aromatic heterocycles. The second-order valence-corrected chi connectivity index (χ2v) is 8.75. The van der Waals surface area contributed by atoms with Crippen LogP contribution in [0.3, 0.4) is 0 Å². The third-order valence-corrected chi connectivity index (χ3v) is 7.33. The van der Waals surface area contributed by atoms with Crippen LogP contribution in [0, 0.1) is 5.41 Å². The first-order chi connectivity index (χ1) is 9.84. The molecule has 0 saturated carbocycles. The smallest absolute Gasteiger partial charge is 0.231 e. The van der Waals surface area contributed by atoms with E-state index in [0.717, 1.165) is 25.9 Å². The van der Waals surface area contributed by atoms with Gasteiger partial charge in [0.2, 0.25) is 5.91 Å². The van der Waals surface area contributed by atoms with E-state index in [9.17, 15) is 13.2 Å². The Morgan fingerprint density at radius 3 is 2.52 bits per heavy atom. The lowest BCUT2D eigenvalue weighted by molar-refractivity contribution is -0.149. The van der Waals surface area contributed by atoms with Crippen LogP contribution in [-0.2, 0) is 19.4 Å². The first-order valence-electron chi connectivity index (χ1n) is 7.56. The number of amides is 1. The van der Waals surface area contributed by atoms with Crippen LogP contribution < -0.4 is 5.32 Å². The predicted octanol–water partition coefficient (Wildman–Crippen LogP) is 0.0366. The Balaban J connectivity index is 2.21. The van der Waals surface area contributed by atoms with Crippen molar-refractivity contribution in [1.29, 1.82) is 0 Å². The highest BCUT2D eigenvalue weighted by Gasteiger charge is 2.47. The Morgan fingerprint density at radius 2 is 1.95 bits per heavy atom. The summed E-state index contributed by atoms with van der Waals surface area (Å²) in [4.78, 5) is 14.8. The van der Waals surface area contributed by atoms with Crippen molar-refractivity contribution >= 4 is 15.7 Å². The molecular weight excluding hydrogens is 292 g/mol. The Bertz CT molecular complexity index is 480. The molecule has 1 amide bonds. The molecule has 0 aromatic rings. The molecule has 1 N–H and O–H groups in total. The normalized spacial score (nSPS) is 31.9. The number of piperidine rings is 1. The van der Waals surface area contributed by atoms with Gasteiger partial charge in [0.15, 0.2) is 9.84 Å². The minimum absolute atomic E-state index is 0.0556. The van der Waals surface area contributed by atoms with Crippen molar-refractivity contribution in [3.05, 3.63) is 0 Å². The Labute approximate surface area is 127 Å².